The second-order valence-corrected chi connectivity index (χ2v) is 4.27. The molecule has 0 saturated carbocycles. The van der Waals surface area contributed by atoms with Gasteiger partial charge in [-0.25, -0.2) is 4.79 Å². The van der Waals surface area contributed by atoms with Crippen molar-refractivity contribution in [3.05, 3.63) is 64.7 Å². The molecular formula is C16H12N2O3. The monoisotopic (exact) mass is 280 g/mol. The van der Waals surface area contributed by atoms with E-state index >= 15 is 0 Å². The molecule has 2 rings (SSSR count). The Bertz CT molecular complexity index is 786. The van der Waals surface area contributed by atoms with E-state index < -0.39 is 11.9 Å². The topological polar surface area (TPSA) is 106 Å². The summed E-state index contributed by atoms with van der Waals surface area (Å²) in [6, 6.07) is 11.2. The van der Waals surface area contributed by atoms with Crippen LogP contribution >= 0.6 is 0 Å². The summed E-state index contributed by atoms with van der Waals surface area (Å²) >= 11 is 0. The van der Waals surface area contributed by atoms with E-state index in [0.29, 0.717) is 16.7 Å². The lowest BCUT2D eigenvalue weighted by Gasteiger charge is -2.02. The van der Waals surface area contributed by atoms with E-state index in [0.717, 1.165) is 0 Å². The van der Waals surface area contributed by atoms with E-state index in [4.69, 9.17) is 16.6 Å². The van der Waals surface area contributed by atoms with Crippen molar-refractivity contribution in [1.82, 2.24) is 0 Å². The first kappa shape index (κ1) is 14.2. The minimum atomic E-state index is -1.10. The summed E-state index contributed by atoms with van der Waals surface area (Å²) in [5, 5.41) is 8.99. The number of hydrogen-bond donors (Lipinski definition) is 3. The molecule has 0 aliphatic rings. The van der Waals surface area contributed by atoms with Crippen LogP contribution in [-0.4, -0.2) is 17.0 Å². The van der Waals surface area contributed by atoms with E-state index in [-0.39, 0.29) is 11.3 Å². The number of nitrogen functional groups attached to an aromatic ring is 1. The first-order valence-electron chi connectivity index (χ1n) is 6.02. The molecule has 104 valence electrons. The van der Waals surface area contributed by atoms with Gasteiger partial charge in [0.15, 0.2) is 0 Å². The third-order valence-corrected chi connectivity index (χ3v) is 2.83. The van der Waals surface area contributed by atoms with Crippen molar-refractivity contribution in [3.8, 4) is 11.8 Å². The fourth-order valence-corrected chi connectivity index (χ4v) is 1.75. The molecule has 0 spiro atoms. The fourth-order valence-electron chi connectivity index (χ4n) is 1.75. The van der Waals surface area contributed by atoms with Gasteiger partial charge < -0.3 is 16.6 Å². The molecule has 0 fully saturated rings. The van der Waals surface area contributed by atoms with Crippen molar-refractivity contribution in [2.75, 3.05) is 5.73 Å². The van der Waals surface area contributed by atoms with Crippen molar-refractivity contribution in [2.45, 2.75) is 0 Å². The number of amides is 1. The molecule has 0 bridgehead atoms. The van der Waals surface area contributed by atoms with Gasteiger partial charge in [-0.2, -0.15) is 0 Å². The summed E-state index contributed by atoms with van der Waals surface area (Å²) < 4.78 is 0. The van der Waals surface area contributed by atoms with E-state index in [1.807, 2.05) is 0 Å². The summed E-state index contributed by atoms with van der Waals surface area (Å²) in [6.45, 7) is 0. The van der Waals surface area contributed by atoms with Gasteiger partial charge in [0.25, 0.3) is 0 Å². The molecule has 2 aromatic rings. The average molecular weight is 280 g/mol. The Hall–Kier alpha value is -3.26. The standard InChI is InChI=1S/C16H12N2O3/c17-14-11(4-2-6-13(14)16(20)21)8-7-10-3-1-5-12(9-10)15(18)19/h1-6,9H,17H2,(H2,18,19)(H,20,21). The van der Waals surface area contributed by atoms with Crippen LogP contribution in [0.1, 0.15) is 31.8 Å². The zero-order valence-corrected chi connectivity index (χ0v) is 11.0. The molecule has 0 aromatic heterocycles. The number of carboxylic acid groups (broad SMARTS) is 1. The van der Waals surface area contributed by atoms with Crippen LogP contribution in [0, 0.1) is 11.8 Å². The molecule has 0 aliphatic heterocycles. The van der Waals surface area contributed by atoms with Crippen LogP contribution in [0.5, 0.6) is 0 Å². The number of benzene rings is 2. The van der Waals surface area contributed by atoms with Crippen molar-refractivity contribution in [3.63, 3.8) is 0 Å². The summed E-state index contributed by atoms with van der Waals surface area (Å²) in [7, 11) is 0. The van der Waals surface area contributed by atoms with Crippen LogP contribution in [0.2, 0.25) is 0 Å². The third kappa shape index (κ3) is 3.19. The molecular weight excluding hydrogens is 268 g/mol. The number of anilines is 1. The maximum atomic E-state index is 11.1. The lowest BCUT2D eigenvalue weighted by molar-refractivity contribution is 0.0697. The maximum absolute atomic E-state index is 11.1. The lowest BCUT2D eigenvalue weighted by atomic mass is 10.1. The van der Waals surface area contributed by atoms with Gasteiger partial charge in [0.05, 0.1) is 11.3 Å². The molecule has 1 amide bonds. The first-order chi connectivity index (χ1) is 9.99. The van der Waals surface area contributed by atoms with Crippen molar-refractivity contribution >= 4 is 17.6 Å². The average Bonchev–Trinajstić information content (AvgIpc) is 2.46. The number of carboxylic acids is 1. The minimum Gasteiger partial charge on any atom is -0.478 e. The molecule has 5 N–H and O–H groups in total. The largest absolute Gasteiger partial charge is 0.478 e. The van der Waals surface area contributed by atoms with Gasteiger partial charge in [-0.1, -0.05) is 24.0 Å². The highest BCUT2D eigenvalue weighted by Crippen LogP contribution is 2.16. The summed E-state index contributed by atoms with van der Waals surface area (Å²) in [4.78, 5) is 22.1. The van der Waals surface area contributed by atoms with Crippen LogP contribution in [0.4, 0.5) is 5.69 Å². The Morgan fingerprint density at radius 2 is 1.76 bits per heavy atom. The Kier molecular flexibility index (Phi) is 3.91. The smallest absolute Gasteiger partial charge is 0.337 e. The van der Waals surface area contributed by atoms with E-state index in [9.17, 15) is 9.59 Å². The SMILES string of the molecule is NC(=O)c1cccc(C#Cc2cccc(C(=O)O)c2N)c1. The molecule has 0 saturated heterocycles. The number of rotatable bonds is 2. The zero-order chi connectivity index (χ0) is 15.4. The van der Waals surface area contributed by atoms with Crippen LogP contribution in [0.15, 0.2) is 42.5 Å². The molecule has 5 heteroatoms. The zero-order valence-electron chi connectivity index (χ0n) is 11.0. The molecule has 0 atom stereocenters. The molecule has 5 nitrogen and oxygen atoms in total. The molecule has 0 aliphatic carbocycles. The number of nitrogens with two attached hydrogens (primary N) is 2. The molecule has 0 unspecified atom stereocenters. The van der Waals surface area contributed by atoms with Crippen molar-refractivity contribution in [1.29, 1.82) is 0 Å². The van der Waals surface area contributed by atoms with Gasteiger partial charge in [0, 0.05) is 16.7 Å². The number of para-hydroxylation sites is 1. The summed E-state index contributed by atoms with van der Waals surface area (Å²) in [5.74, 6) is 3.99. The second-order valence-electron chi connectivity index (χ2n) is 4.27. The predicted octanol–water partition coefficient (Wildman–Crippen LogP) is 1.47. The number of aromatic carboxylic acids is 1. The number of carbonyl (C=O) groups excluding carboxylic acids is 1. The Balaban J connectivity index is 2.40. The van der Waals surface area contributed by atoms with Gasteiger partial charge in [-0.15, -0.1) is 0 Å². The fraction of sp³-hybridized carbons (Fsp3) is 0. The quantitative estimate of drug-likeness (QED) is 0.572. The van der Waals surface area contributed by atoms with Gasteiger partial charge in [0.1, 0.15) is 0 Å². The Labute approximate surface area is 121 Å². The first-order valence-corrected chi connectivity index (χ1v) is 6.02. The Morgan fingerprint density at radius 1 is 1.05 bits per heavy atom. The van der Waals surface area contributed by atoms with E-state index in [1.54, 1.807) is 36.4 Å². The maximum Gasteiger partial charge on any atom is 0.337 e. The highest BCUT2D eigenvalue weighted by molar-refractivity contribution is 5.95. The highest BCUT2D eigenvalue weighted by Gasteiger charge is 2.09. The second kappa shape index (κ2) is 5.80. The molecule has 21 heavy (non-hydrogen) atoms. The Morgan fingerprint density at radius 3 is 2.43 bits per heavy atom. The summed E-state index contributed by atoms with van der Waals surface area (Å²) in [5.41, 5.74) is 12.4. The van der Waals surface area contributed by atoms with E-state index in [1.165, 1.54) is 6.07 Å². The number of hydrogen-bond acceptors (Lipinski definition) is 3. The van der Waals surface area contributed by atoms with Crippen LogP contribution in [0.3, 0.4) is 0 Å². The molecule has 0 radical (unpaired) electrons. The summed E-state index contributed by atoms with van der Waals surface area (Å²) in [6.07, 6.45) is 0. The van der Waals surface area contributed by atoms with Gasteiger partial charge in [-0.05, 0) is 30.3 Å². The van der Waals surface area contributed by atoms with Gasteiger partial charge >= 0.3 is 5.97 Å². The third-order valence-electron chi connectivity index (χ3n) is 2.83. The predicted molar refractivity (Wildman–Crippen MR) is 78.8 cm³/mol. The van der Waals surface area contributed by atoms with E-state index in [2.05, 4.69) is 11.8 Å². The normalized spacial score (nSPS) is 9.52. The molecule has 0 heterocycles. The van der Waals surface area contributed by atoms with Crippen molar-refractivity contribution < 1.29 is 14.7 Å². The van der Waals surface area contributed by atoms with Crippen LogP contribution < -0.4 is 11.5 Å². The number of primary amides is 1. The highest BCUT2D eigenvalue weighted by atomic mass is 16.4. The number of carbonyl (C=O) groups is 2. The molecule has 2 aromatic carbocycles. The van der Waals surface area contributed by atoms with Crippen molar-refractivity contribution in [2.24, 2.45) is 5.73 Å². The lowest BCUT2D eigenvalue weighted by Crippen LogP contribution is -2.10. The minimum absolute atomic E-state index is 0.00712. The van der Waals surface area contributed by atoms with Gasteiger partial charge in [0.2, 0.25) is 5.91 Å². The van der Waals surface area contributed by atoms with Crippen LogP contribution in [0.25, 0.3) is 0 Å². The van der Waals surface area contributed by atoms with Gasteiger partial charge in [-0.3, -0.25) is 4.79 Å². The van der Waals surface area contributed by atoms with Crippen LogP contribution in [-0.2, 0) is 0 Å².